The third-order valence-electron chi connectivity index (χ3n) is 4.63. The first-order valence-corrected chi connectivity index (χ1v) is 10.3. The van der Waals surface area contributed by atoms with Crippen LogP contribution < -0.4 is 5.56 Å². The Morgan fingerprint density at radius 1 is 1.11 bits per heavy atom. The first-order valence-electron chi connectivity index (χ1n) is 9.46. The molecule has 0 N–H and O–H groups in total. The van der Waals surface area contributed by atoms with E-state index in [1.165, 1.54) is 11.8 Å². The highest BCUT2D eigenvalue weighted by atomic mass is 32.2. The lowest BCUT2D eigenvalue weighted by Crippen LogP contribution is -2.27. The fourth-order valence-electron chi connectivity index (χ4n) is 2.98. The van der Waals surface area contributed by atoms with E-state index in [4.69, 9.17) is 9.72 Å². The van der Waals surface area contributed by atoms with E-state index in [1.54, 1.807) is 17.6 Å². The van der Waals surface area contributed by atoms with Gasteiger partial charge in [0.15, 0.2) is 5.16 Å². The third-order valence-corrected chi connectivity index (χ3v) is 5.83. The maximum absolute atomic E-state index is 13.2. The maximum Gasteiger partial charge on any atom is 0.324 e. The summed E-state index contributed by atoms with van der Waals surface area (Å²) in [5, 5.41) is 0.518. The number of ether oxygens (including phenoxy) is 1. The van der Waals surface area contributed by atoms with Crippen LogP contribution in [-0.2, 0) is 9.53 Å². The first kappa shape index (κ1) is 20.1. The monoisotopic (exact) mass is 396 g/mol. The molecule has 0 radical (unpaired) electrons. The molecule has 146 valence electrons. The van der Waals surface area contributed by atoms with Crippen LogP contribution >= 0.6 is 11.8 Å². The molecule has 2 aromatic carbocycles. The van der Waals surface area contributed by atoms with Crippen LogP contribution in [0, 0.1) is 0 Å². The number of hydrogen-bond acceptors (Lipinski definition) is 5. The van der Waals surface area contributed by atoms with Crippen LogP contribution in [0.3, 0.4) is 0 Å². The highest BCUT2D eigenvalue weighted by Crippen LogP contribution is 2.36. The van der Waals surface area contributed by atoms with Crippen molar-refractivity contribution in [3.05, 3.63) is 70.5 Å². The van der Waals surface area contributed by atoms with Crippen LogP contribution in [-0.4, -0.2) is 22.1 Å². The second kappa shape index (κ2) is 9.06. The van der Waals surface area contributed by atoms with Gasteiger partial charge in [-0.2, -0.15) is 0 Å². The zero-order valence-corrected chi connectivity index (χ0v) is 17.1. The quantitative estimate of drug-likeness (QED) is 0.327. The number of rotatable bonds is 7. The van der Waals surface area contributed by atoms with Gasteiger partial charge < -0.3 is 4.74 Å². The third kappa shape index (κ3) is 4.12. The average Bonchev–Trinajstić information content (AvgIpc) is 2.72. The van der Waals surface area contributed by atoms with Crippen LogP contribution in [0.5, 0.6) is 0 Å². The van der Waals surface area contributed by atoms with Gasteiger partial charge in [-0.3, -0.25) is 14.2 Å². The molecule has 0 saturated carbocycles. The van der Waals surface area contributed by atoms with Crippen molar-refractivity contribution in [3.8, 4) is 0 Å². The van der Waals surface area contributed by atoms with Crippen LogP contribution in [0.15, 0.2) is 64.5 Å². The Balaban J connectivity index is 2.14. The van der Waals surface area contributed by atoms with E-state index in [1.807, 2.05) is 62.4 Å². The van der Waals surface area contributed by atoms with Crippen LogP contribution in [0.25, 0.3) is 10.9 Å². The predicted molar refractivity (Wildman–Crippen MR) is 113 cm³/mol. The summed E-state index contributed by atoms with van der Waals surface area (Å²) in [6, 6.07) is 16.7. The lowest BCUT2D eigenvalue weighted by Gasteiger charge is -2.21. The van der Waals surface area contributed by atoms with Crippen molar-refractivity contribution >= 4 is 28.6 Å². The number of para-hydroxylation sites is 1. The molecule has 3 aromatic rings. The zero-order chi connectivity index (χ0) is 20.1. The Kier molecular flexibility index (Phi) is 6.52. The second-order valence-electron chi connectivity index (χ2n) is 6.50. The van der Waals surface area contributed by atoms with Gasteiger partial charge in [-0.05, 0) is 38.0 Å². The summed E-state index contributed by atoms with van der Waals surface area (Å²) in [6.45, 7) is 6.10. The van der Waals surface area contributed by atoms with Gasteiger partial charge in [0.05, 0.1) is 17.5 Å². The standard InChI is InChI=1S/C22H24N2O3S/c1-4-15(3)24-20(25)17-13-9-10-14-18(17)23-22(24)28-19(21(26)27-5-2)16-11-7-6-8-12-16/h6-15,19H,4-5H2,1-3H3/t15-,19-/m1/s1. The van der Waals surface area contributed by atoms with E-state index >= 15 is 0 Å². The zero-order valence-electron chi connectivity index (χ0n) is 16.3. The topological polar surface area (TPSA) is 61.2 Å². The van der Waals surface area contributed by atoms with Crippen molar-refractivity contribution in [1.82, 2.24) is 9.55 Å². The van der Waals surface area contributed by atoms with Gasteiger partial charge in [0.25, 0.3) is 5.56 Å². The van der Waals surface area contributed by atoms with Gasteiger partial charge >= 0.3 is 5.97 Å². The molecule has 0 aliphatic carbocycles. The van der Waals surface area contributed by atoms with Crippen LogP contribution in [0.2, 0.25) is 0 Å². The molecule has 0 amide bonds. The Morgan fingerprint density at radius 2 is 1.79 bits per heavy atom. The number of carbonyl (C=O) groups is 1. The molecule has 0 spiro atoms. The maximum atomic E-state index is 13.2. The fraction of sp³-hybridized carbons (Fsp3) is 0.318. The molecule has 0 aliphatic heterocycles. The minimum Gasteiger partial charge on any atom is -0.465 e. The van der Waals surface area contributed by atoms with Crippen molar-refractivity contribution in [1.29, 1.82) is 0 Å². The molecule has 28 heavy (non-hydrogen) atoms. The number of benzene rings is 2. The predicted octanol–water partition coefficient (Wildman–Crippen LogP) is 4.76. The van der Waals surface area contributed by atoms with Crippen molar-refractivity contribution in [2.24, 2.45) is 0 Å². The largest absolute Gasteiger partial charge is 0.465 e. The van der Waals surface area contributed by atoms with Crippen molar-refractivity contribution in [2.45, 2.75) is 43.6 Å². The fourth-order valence-corrected chi connectivity index (χ4v) is 4.18. The molecule has 0 bridgehead atoms. The van der Waals surface area contributed by atoms with Gasteiger partial charge in [0.1, 0.15) is 5.25 Å². The van der Waals surface area contributed by atoms with Gasteiger partial charge in [0.2, 0.25) is 0 Å². The van der Waals surface area contributed by atoms with Gasteiger partial charge in [-0.15, -0.1) is 0 Å². The molecule has 0 unspecified atom stereocenters. The van der Waals surface area contributed by atoms with Crippen molar-refractivity contribution in [2.75, 3.05) is 6.61 Å². The van der Waals surface area contributed by atoms with E-state index in [0.29, 0.717) is 22.7 Å². The molecule has 0 aliphatic rings. The summed E-state index contributed by atoms with van der Waals surface area (Å²) < 4.78 is 7.00. The minimum absolute atomic E-state index is 0.0364. The molecule has 0 fully saturated rings. The first-order chi connectivity index (χ1) is 13.6. The average molecular weight is 397 g/mol. The molecule has 5 nitrogen and oxygen atoms in total. The summed E-state index contributed by atoms with van der Waals surface area (Å²) in [5.41, 5.74) is 1.37. The number of fused-ring (bicyclic) bond motifs is 1. The van der Waals surface area contributed by atoms with E-state index < -0.39 is 5.25 Å². The van der Waals surface area contributed by atoms with Gasteiger partial charge in [0, 0.05) is 6.04 Å². The molecular formula is C22H24N2O3S. The number of nitrogens with zero attached hydrogens (tertiary/aromatic N) is 2. The molecule has 3 rings (SSSR count). The van der Waals surface area contributed by atoms with Crippen molar-refractivity contribution < 1.29 is 9.53 Å². The molecule has 1 heterocycles. The summed E-state index contributed by atoms with van der Waals surface area (Å²) in [6.07, 6.45) is 0.781. The SMILES string of the molecule is CCOC(=O)[C@H](Sc1nc2ccccc2c(=O)n1[C@H](C)CC)c1ccccc1. The Bertz CT molecular complexity index is 1020. The number of aromatic nitrogens is 2. The number of thioether (sulfide) groups is 1. The van der Waals surface area contributed by atoms with E-state index in [2.05, 4.69) is 0 Å². The number of hydrogen-bond donors (Lipinski definition) is 0. The molecule has 1 aromatic heterocycles. The van der Waals surface area contributed by atoms with E-state index in [-0.39, 0.29) is 17.6 Å². The second-order valence-corrected chi connectivity index (χ2v) is 7.58. The van der Waals surface area contributed by atoms with Gasteiger partial charge in [-0.25, -0.2) is 4.98 Å². The molecular weight excluding hydrogens is 372 g/mol. The van der Waals surface area contributed by atoms with E-state index in [0.717, 1.165) is 12.0 Å². The van der Waals surface area contributed by atoms with Crippen molar-refractivity contribution in [3.63, 3.8) is 0 Å². The smallest absolute Gasteiger partial charge is 0.324 e. The van der Waals surface area contributed by atoms with Crippen LogP contribution in [0.4, 0.5) is 0 Å². The summed E-state index contributed by atoms with van der Waals surface area (Å²) >= 11 is 1.27. The Hall–Kier alpha value is -2.60. The lowest BCUT2D eigenvalue weighted by atomic mass is 10.1. The molecule has 2 atom stereocenters. The summed E-state index contributed by atoms with van der Waals surface area (Å²) in [5.74, 6) is -0.336. The Labute approximate surface area is 168 Å². The minimum atomic E-state index is -0.593. The summed E-state index contributed by atoms with van der Waals surface area (Å²) in [4.78, 5) is 30.6. The highest BCUT2D eigenvalue weighted by Gasteiger charge is 2.27. The summed E-state index contributed by atoms with van der Waals surface area (Å²) in [7, 11) is 0. The van der Waals surface area contributed by atoms with E-state index in [9.17, 15) is 9.59 Å². The lowest BCUT2D eigenvalue weighted by molar-refractivity contribution is -0.142. The Morgan fingerprint density at radius 3 is 2.46 bits per heavy atom. The van der Waals surface area contributed by atoms with Gasteiger partial charge in [-0.1, -0.05) is 61.2 Å². The number of esters is 1. The van der Waals surface area contributed by atoms with Crippen LogP contribution in [0.1, 0.15) is 44.0 Å². The molecule has 6 heteroatoms. The molecule has 0 saturated heterocycles. The normalized spacial score (nSPS) is 13.2. The highest BCUT2D eigenvalue weighted by molar-refractivity contribution is 8.00. The number of carbonyl (C=O) groups excluding carboxylic acids is 1.